The van der Waals surface area contributed by atoms with Crippen molar-refractivity contribution >= 4 is 50.9 Å². The van der Waals surface area contributed by atoms with E-state index in [4.69, 9.17) is 9.47 Å². The molecular weight excluding hydrogens is 450 g/mol. The Labute approximate surface area is 192 Å². The summed E-state index contributed by atoms with van der Waals surface area (Å²) in [4.78, 5) is 43.7. The molecule has 0 radical (unpaired) electrons. The summed E-state index contributed by atoms with van der Waals surface area (Å²) in [6.45, 7) is 0.685. The molecule has 0 fully saturated rings. The lowest BCUT2D eigenvalue weighted by Crippen LogP contribution is -2.26. The average Bonchev–Trinajstić information content (AvgIpc) is 3.37. The number of esters is 1. The van der Waals surface area contributed by atoms with Gasteiger partial charge in [-0.25, -0.2) is 9.78 Å². The first-order chi connectivity index (χ1) is 15.5. The van der Waals surface area contributed by atoms with E-state index in [1.807, 2.05) is 6.07 Å². The highest BCUT2D eigenvalue weighted by Gasteiger charge is 2.28. The van der Waals surface area contributed by atoms with Crippen molar-refractivity contribution in [2.75, 3.05) is 31.9 Å². The monoisotopic (exact) mass is 473 g/mol. The Morgan fingerprint density at radius 1 is 1.25 bits per heavy atom. The molecule has 0 unspecified atom stereocenters. The predicted octanol–water partition coefficient (Wildman–Crippen LogP) is 3.11. The molecule has 0 atom stereocenters. The zero-order valence-corrected chi connectivity index (χ0v) is 19.4. The zero-order valence-electron chi connectivity index (χ0n) is 17.8. The van der Waals surface area contributed by atoms with Crippen molar-refractivity contribution in [3.63, 3.8) is 0 Å². The molecule has 1 aromatic carbocycles. The molecule has 0 saturated carbocycles. The van der Waals surface area contributed by atoms with Crippen LogP contribution in [0.3, 0.4) is 0 Å². The van der Waals surface area contributed by atoms with Crippen LogP contribution in [0.1, 0.15) is 27.2 Å². The van der Waals surface area contributed by atoms with Gasteiger partial charge in [-0.15, -0.1) is 11.3 Å². The maximum absolute atomic E-state index is 12.9. The van der Waals surface area contributed by atoms with Gasteiger partial charge in [0.25, 0.3) is 5.56 Å². The van der Waals surface area contributed by atoms with Crippen LogP contribution in [0.5, 0.6) is 0 Å². The van der Waals surface area contributed by atoms with Crippen molar-refractivity contribution < 1.29 is 19.1 Å². The molecule has 0 saturated heterocycles. The van der Waals surface area contributed by atoms with Crippen molar-refractivity contribution in [3.8, 4) is 0 Å². The third-order valence-electron chi connectivity index (χ3n) is 5.24. The van der Waals surface area contributed by atoms with Gasteiger partial charge in [0.2, 0.25) is 5.91 Å². The summed E-state index contributed by atoms with van der Waals surface area (Å²) in [5.41, 5.74) is 1.86. The Kier molecular flexibility index (Phi) is 6.92. The Balaban J connectivity index is 1.55. The first-order valence-corrected chi connectivity index (χ1v) is 12.0. The van der Waals surface area contributed by atoms with E-state index < -0.39 is 5.97 Å². The number of aryl methyl sites for hydroxylation is 1. The lowest BCUT2D eigenvalue weighted by molar-refractivity contribution is -0.113. The number of amides is 1. The minimum Gasteiger partial charge on any atom is -0.465 e. The van der Waals surface area contributed by atoms with Gasteiger partial charge in [0.1, 0.15) is 5.00 Å². The molecule has 0 bridgehead atoms. The second-order valence-electron chi connectivity index (χ2n) is 7.25. The highest BCUT2D eigenvalue weighted by atomic mass is 32.2. The van der Waals surface area contributed by atoms with Gasteiger partial charge in [-0.3, -0.25) is 14.2 Å². The molecule has 2 heterocycles. The second kappa shape index (κ2) is 9.85. The number of nitrogens with one attached hydrogen (secondary N) is 1. The van der Waals surface area contributed by atoms with Gasteiger partial charge in [0, 0.05) is 12.0 Å². The van der Waals surface area contributed by atoms with E-state index in [-0.39, 0.29) is 17.2 Å². The fourth-order valence-electron chi connectivity index (χ4n) is 3.74. The van der Waals surface area contributed by atoms with Crippen molar-refractivity contribution in [1.82, 2.24) is 9.55 Å². The third kappa shape index (κ3) is 4.43. The van der Waals surface area contributed by atoms with Crippen LogP contribution in [0, 0.1) is 0 Å². The quantitative estimate of drug-likeness (QED) is 0.305. The smallest absolute Gasteiger partial charge is 0.341 e. The van der Waals surface area contributed by atoms with E-state index in [9.17, 15) is 14.4 Å². The van der Waals surface area contributed by atoms with Crippen LogP contribution in [0.15, 0.2) is 34.2 Å². The number of nitrogens with zero attached hydrogens (tertiary/aromatic N) is 2. The Morgan fingerprint density at radius 3 is 2.84 bits per heavy atom. The van der Waals surface area contributed by atoms with E-state index in [1.54, 1.807) is 25.3 Å². The zero-order chi connectivity index (χ0) is 22.7. The van der Waals surface area contributed by atoms with Gasteiger partial charge in [-0.05, 0) is 37.0 Å². The molecule has 0 aliphatic heterocycles. The van der Waals surface area contributed by atoms with Crippen LogP contribution in [-0.4, -0.2) is 48.0 Å². The average molecular weight is 474 g/mol. The maximum atomic E-state index is 12.9. The Bertz CT molecular complexity index is 1230. The molecule has 8 nitrogen and oxygen atoms in total. The van der Waals surface area contributed by atoms with Crippen LogP contribution in [0.25, 0.3) is 10.9 Å². The van der Waals surface area contributed by atoms with Gasteiger partial charge in [0.15, 0.2) is 5.16 Å². The van der Waals surface area contributed by atoms with Crippen molar-refractivity contribution in [2.24, 2.45) is 0 Å². The number of aromatic nitrogens is 2. The van der Waals surface area contributed by atoms with E-state index in [1.165, 1.54) is 34.8 Å². The maximum Gasteiger partial charge on any atom is 0.341 e. The fourth-order valence-corrected chi connectivity index (χ4v) is 5.86. The number of anilines is 1. The van der Waals surface area contributed by atoms with Gasteiger partial charge in [0.05, 0.1) is 42.5 Å². The molecular formula is C22H23N3O5S2. The highest BCUT2D eigenvalue weighted by molar-refractivity contribution is 7.99. The lowest BCUT2D eigenvalue weighted by atomic mass is 10.1. The Hall–Kier alpha value is -2.69. The van der Waals surface area contributed by atoms with E-state index in [2.05, 4.69) is 10.3 Å². The topological polar surface area (TPSA) is 99.5 Å². The van der Waals surface area contributed by atoms with Crippen LogP contribution in [0.2, 0.25) is 0 Å². The first kappa shape index (κ1) is 22.5. The van der Waals surface area contributed by atoms with E-state index >= 15 is 0 Å². The normalized spacial score (nSPS) is 12.7. The molecule has 0 spiro atoms. The first-order valence-electron chi connectivity index (χ1n) is 10.2. The molecule has 10 heteroatoms. The van der Waals surface area contributed by atoms with E-state index in [0.717, 1.165) is 29.7 Å². The second-order valence-corrected chi connectivity index (χ2v) is 9.30. The van der Waals surface area contributed by atoms with Gasteiger partial charge >= 0.3 is 5.97 Å². The van der Waals surface area contributed by atoms with Crippen molar-refractivity contribution in [1.29, 1.82) is 0 Å². The number of carbonyl (C=O) groups is 2. The summed E-state index contributed by atoms with van der Waals surface area (Å²) < 4.78 is 11.6. The minimum atomic E-state index is -0.433. The Morgan fingerprint density at radius 2 is 2.06 bits per heavy atom. The molecule has 1 amide bonds. The minimum absolute atomic E-state index is 0.0426. The van der Waals surface area contributed by atoms with Gasteiger partial charge < -0.3 is 14.8 Å². The van der Waals surface area contributed by atoms with E-state index in [0.29, 0.717) is 39.8 Å². The summed E-state index contributed by atoms with van der Waals surface area (Å²) in [5.74, 6) is -0.668. The number of hydrogen-bond donors (Lipinski definition) is 1. The number of carbonyl (C=O) groups excluding carboxylic acids is 2. The summed E-state index contributed by atoms with van der Waals surface area (Å²) in [5, 5.41) is 4.35. The van der Waals surface area contributed by atoms with Crippen molar-refractivity contribution in [2.45, 2.75) is 31.0 Å². The largest absolute Gasteiger partial charge is 0.465 e. The van der Waals surface area contributed by atoms with Crippen molar-refractivity contribution in [3.05, 3.63) is 50.6 Å². The molecule has 1 aliphatic carbocycles. The number of fused-ring (bicyclic) bond motifs is 2. The summed E-state index contributed by atoms with van der Waals surface area (Å²) in [6.07, 6.45) is 2.72. The molecule has 3 aromatic rings. The summed E-state index contributed by atoms with van der Waals surface area (Å²) in [6, 6.07) is 7.13. The molecule has 4 rings (SSSR count). The molecule has 1 aliphatic rings. The number of thioether (sulfide) groups is 1. The number of benzene rings is 1. The number of rotatable bonds is 8. The fraction of sp³-hybridized carbons (Fsp3) is 0.364. The predicted molar refractivity (Wildman–Crippen MR) is 125 cm³/mol. The molecule has 2 aromatic heterocycles. The van der Waals surface area contributed by atoms with Crippen LogP contribution >= 0.6 is 23.1 Å². The standard InChI is InChI=1S/C22H23N3O5S2/c1-29-11-10-25-20(27)13-6-3-4-8-15(13)23-22(25)31-12-17(26)24-19-18(21(28)30-2)14-7-5-9-16(14)32-19/h3-4,6,8H,5,7,9-12H2,1-2H3,(H,24,26). The third-order valence-corrected chi connectivity index (χ3v) is 7.43. The van der Waals surface area contributed by atoms with Crippen LogP contribution in [-0.2, 0) is 33.7 Å². The molecule has 168 valence electrons. The molecule has 32 heavy (non-hydrogen) atoms. The number of methoxy groups -OCH3 is 2. The SMILES string of the molecule is COCCn1c(SCC(=O)Nc2sc3c(c2C(=O)OC)CCC3)nc2ccccc2c1=O. The number of ether oxygens (including phenoxy) is 2. The lowest BCUT2D eigenvalue weighted by Gasteiger charge is -2.13. The summed E-state index contributed by atoms with van der Waals surface area (Å²) >= 11 is 2.61. The van der Waals surface area contributed by atoms with Crippen LogP contribution < -0.4 is 10.9 Å². The van der Waals surface area contributed by atoms with Gasteiger partial charge in [-0.2, -0.15) is 0 Å². The summed E-state index contributed by atoms with van der Waals surface area (Å²) in [7, 11) is 2.91. The van der Waals surface area contributed by atoms with Crippen LogP contribution in [0.4, 0.5) is 5.00 Å². The molecule has 1 N–H and O–H groups in total. The van der Waals surface area contributed by atoms with Gasteiger partial charge in [-0.1, -0.05) is 23.9 Å². The highest BCUT2D eigenvalue weighted by Crippen LogP contribution is 2.39. The number of para-hydroxylation sites is 1. The number of hydrogen-bond acceptors (Lipinski definition) is 8. The number of thiophene rings is 1.